The number of rotatable bonds is 7. The number of hydrogen-bond acceptors (Lipinski definition) is 7. The topological polar surface area (TPSA) is 98.8 Å². The Morgan fingerprint density at radius 1 is 1.12 bits per heavy atom. The molecular formula is C16H19NO6S3. The zero-order valence-electron chi connectivity index (χ0n) is 14.0. The summed E-state index contributed by atoms with van der Waals surface area (Å²) >= 11 is 1.27. The van der Waals surface area contributed by atoms with E-state index in [-0.39, 0.29) is 17.2 Å². The van der Waals surface area contributed by atoms with E-state index in [0.29, 0.717) is 29.6 Å². The molecule has 0 saturated carbocycles. The highest BCUT2D eigenvalue weighted by atomic mass is 32.2. The van der Waals surface area contributed by atoms with Crippen molar-refractivity contribution >= 4 is 31.2 Å². The highest BCUT2D eigenvalue weighted by Crippen LogP contribution is 2.37. The zero-order chi connectivity index (χ0) is 18.8. The lowest BCUT2D eigenvalue weighted by atomic mass is 10.3. The van der Waals surface area contributed by atoms with Crippen molar-refractivity contribution in [2.24, 2.45) is 0 Å². The first-order valence-corrected chi connectivity index (χ1v) is 12.1. The fraction of sp³-hybridized carbons (Fsp3) is 0.375. The molecule has 3 rings (SSSR count). The van der Waals surface area contributed by atoms with E-state index in [1.54, 1.807) is 23.6 Å². The molecule has 10 heteroatoms. The van der Waals surface area contributed by atoms with Crippen molar-refractivity contribution < 1.29 is 26.3 Å². The van der Waals surface area contributed by atoms with Gasteiger partial charge in [0.1, 0.15) is 18.5 Å². The largest absolute Gasteiger partial charge is 0.486 e. The molecular weight excluding hydrogens is 398 g/mol. The van der Waals surface area contributed by atoms with Crippen molar-refractivity contribution in [3.8, 4) is 11.5 Å². The summed E-state index contributed by atoms with van der Waals surface area (Å²) in [6.07, 6.45) is 0. The number of nitrogens with one attached hydrogen (secondary N) is 1. The standard InChI is InChI=1S/C16H19NO6S3/c1-2-25(18,19)17-11-16(15-4-3-9-24-15)26(20,21)12-5-6-13-14(10-12)23-8-7-22-13/h3-6,9-10,16-17H,2,7-8,11H2,1H3/t16-/m0/s1. The summed E-state index contributed by atoms with van der Waals surface area (Å²) in [4.78, 5) is 0.634. The predicted octanol–water partition coefficient (Wildman–Crippen LogP) is 1.97. The molecule has 7 nitrogen and oxygen atoms in total. The molecule has 26 heavy (non-hydrogen) atoms. The Morgan fingerprint density at radius 2 is 1.85 bits per heavy atom. The van der Waals surface area contributed by atoms with Crippen molar-refractivity contribution in [2.45, 2.75) is 17.1 Å². The van der Waals surface area contributed by atoms with Crippen molar-refractivity contribution in [2.75, 3.05) is 25.5 Å². The van der Waals surface area contributed by atoms with Gasteiger partial charge in [-0.1, -0.05) is 6.07 Å². The maximum absolute atomic E-state index is 13.2. The van der Waals surface area contributed by atoms with Gasteiger partial charge < -0.3 is 9.47 Å². The van der Waals surface area contributed by atoms with E-state index in [4.69, 9.17) is 9.47 Å². The molecule has 1 aliphatic rings. The summed E-state index contributed by atoms with van der Waals surface area (Å²) in [6.45, 7) is 2.03. The molecule has 0 spiro atoms. The van der Waals surface area contributed by atoms with E-state index >= 15 is 0 Å². The summed E-state index contributed by atoms with van der Waals surface area (Å²) in [5, 5.41) is 0.738. The highest BCUT2D eigenvalue weighted by molar-refractivity contribution is 7.92. The molecule has 1 aromatic carbocycles. The zero-order valence-corrected chi connectivity index (χ0v) is 16.5. The van der Waals surface area contributed by atoms with Crippen LogP contribution in [-0.4, -0.2) is 42.3 Å². The molecule has 1 atom stereocenters. The molecule has 2 heterocycles. The van der Waals surface area contributed by atoms with Crippen LogP contribution in [0, 0.1) is 0 Å². The molecule has 1 aromatic heterocycles. The highest BCUT2D eigenvalue weighted by Gasteiger charge is 2.32. The number of sulfonamides is 1. The number of thiophene rings is 1. The Balaban J connectivity index is 1.96. The molecule has 0 aliphatic carbocycles. The Bertz CT molecular complexity index is 967. The Kier molecular flexibility index (Phi) is 5.56. The van der Waals surface area contributed by atoms with Crippen LogP contribution in [-0.2, 0) is 19.9 Å². The van der Waals surface area contributed by atoms with Gasteiger partial charge >= 0.3 is 0 Å². The fourth-order valence-corrected chi connectivity index (χ4v) is 6.04. The lowest BCUT2D eigenvalue weighted by Crippen LogP contribution is -2.32. The third kappa shape index (κ3) is 4.03. The van der Waals surface area contributed by atoms with Crippen LogP contribution in [0.15, 0.2) is 40.6 Å². The second kappa shape index (κ2) is 7.55. The van der Waals surface area contributed by atoms with Crippen LogP contribution in [0.3, 0.4) is 0 Å². The Hall–Kier alpha value is -1.62. The maximum Gasteiger partial charge on any atom is 0.211 e. The fourth-order valence-electron chi connectivity index (χ4n) is 2.51. The third-order valence-electron chi connectivity index (χ3n) is 3.95. The van der Waals surface area contributed by atoms with Crippen LogP contribution >= 0.6 is 11.3 Å². The summed E-state index contributed by atoms with van der Waals surface area (Å²) in [5.41, 5.74) is 0. The quantitative estimate of drug-likeness (QED) is 0.740. The van der Waals surface area contributed by atoms with Gasteiger partial charge in [-0.3, -0.25) is 0 Å². The average Bonchev–Trinajstić information content (AvgIpc) is 3.15. The van der Waals surface area contributed by atoms with Crippen molar-refractivity contribution in [1.82, 2.24) is 4.72 Å². The van der Waals surface area contributed by atoms with Crippen molar-refractivity contribution in [1.29, 1.82) is 0 Å². The molecule has 0 bridgehead atoms. The summed E-state index contributed by atoms with van der Waals surface area (Å²) in [6, 6.07) is 7.87. The second-order valence-corrected chi connectivity index (χ2v) is 10.8. The van der Waals surface area contributed by atoms with Gasteiger partial charge in [-0.25, -0.2) is 21.6 Å². The predicted molar refractivity (Wildman–Crippen MR) is 99.1 cm³/mol. The molecule has 0 amide bonds. The van der Waals surface area contributed by atoms with Gasteiger partial charge in [0.15, 0.2) is 21.3 Å². The summed E-state index contributed by atoms with van der Waals surface area (Å²) < 4.78 is 63.2. The smallest absolute Gasteiger partial charge is 0.211 e. The summed E-state index contributed by atoms with van der Waals surface area (Å²) in [5.74, 6) is 0.750. The third-order valence-corrected chi connectivity index (χ3v) is 8.53. The first-order chi connectivity index (χ1) is 12.3. The van der Waals surface area contributed by atoms with Gasteiger partial charge in [0.2, 0.25) is 10.0 Å². The Morgan fingerprint density at radius 3 is 2.50 bits per heavy atom. The van der Waals surface area contributed by atoms with Gasteiger partial charge in [0.25, 0.3) is 0 Å². The van der Waals surface area contributed by atoms with Crippen LogP contribution in [0.1, 0.15) is 17.1 Å². The first kappa shape index (κ1) is 19.2. The van der Waals surface area contributed by atoms with Gasteiger partial charge in [-0.05, 0) is 30.5 Å². The molecule has 0 saturated heterocycles. The number of sulfone groups is 1. The van der Waals surface area contributed by atoms with Crippen LogP contribution < -0.4 is 14.2 Å². The molecule has 2 aromatic rings. The molecule has 0 fully saturated rings. The minimum absolute atomic E-state index is 0.0656. The van der Waals surface area contributed by atoms with Crippen LogP contribution in [0.4, 0.5) is 0 Å². The molecule has 0 radical (unpaired) electrons. The molecule has 142 valence electrons. The lowest BCUT2D eigenvalue weighted by molar-refractivity contribution is 0.171. The van der Waals surface area contributed by atoms with Crippen LogP contribution in [0.25, 0.3) is 0 Å². The monoisotopic (exact) mass is 417 g/mol. The van der Waals surface area contributed by atoms with E-state index in [9.17, 15) is 16.8 Å². The molecule has 0 unspecified atom stereocenters. The van der Waals surface area contributed by atoms with Crippen molar-refractivity contribution in [3.05, 3.63) is 40.6 Å². The van der Waals surface area contributed by atoms with E-state index in [0.717, 1.165) is 0 Å². The van der Waals surface area contributed by atoms with E-state index in [1.165, 1.54) is 30.4 Å². The van der Waals surface area contributed by atoms with Crippen LogP contribution in [0.2, 0.25) is 0 Å². The van der Waals surface area contributed by atoms with E-state index in [2.05, 4.69) is 4.72 Å². The SMILES string of the molecule is CCS(=O)(=O)NC[C@@H](c1cccs1)S(=O)(=O)c1ccc2c(c1)OCCO2. The maximum atomic E-state index is 13.2. The van der Waals surface area contributed by atoms with E-state index in [1.807, 2.05) is 0 Å². The molecule has 1 N–H and O–H groups in total. The average molecular weight is 418 g/mol. The summed E-state index contributed by atoms with van der Waals surface area (Å²) in [7, 11) is -7.36. The number of benzene rings is 1. The first-order valence-electron chi connectivity index (χ1n) is 7.98. The number of ether oxygens (including phenoxy) is 2. The number of hydrogen-bond donors (Lipinski definition) is 1. The lowest BCUT2D eigenvalue weighted by Gasteiger charge is -2.21. The minimum Gasteiger partial charge on any atom is -0.486 e. The van der Waals surface area contributed by atoms with E-state index < -0.39 is 25.1 Å². The van der Waals surface area contributed by atoms with Gasteiger partial charge in [-0.15, -0.1) is 11.3 Å². The number of fused-ring (bicyclic) bond motifs is 1. The normalized spacial score (nSPS) is 15.6. The van der Waals surface area contributed by atoms with Gasteiger partial charge in [0, 0.05) is 17.5 Å². The van der Waals surface area contributed by atoms with Crippen LogP contribution in [0.5, 0.6) is 11.5 Å². The minimum atomic E-state index is -3.84. The second-order valence-electron chi connectivity index (χ2n) is 5.61. The molecule has 1 aliphatic heterocycles. The Labute approximate surface area is 156 Å². The van der Waals surface area contributed by atoms with Gasteiger partial charge in [0.05, 0.1) is 10.6 Å². The van der Waals surface area contributed by atoms with Crippen molar-refractivity contribution in [3.63, 3.8) is 0 Å². The van der Waals surface area contributed by atoms with Gasteiger partial charge in [-0.2, -0.15) is 0 Å².